The van der Waals surface area contributed by atoms with Gasteiger partial charge in [-0.05, 0) is 43.5 Å². The van der Waals surface area contributed by atoms with Crippen molar-refractivity contribution in [2.45, 2.75) is 44.2 Å². The van der Waals surface area contributed by atoms with Crippen LogP contribution >= 0.6 is 0 Å². The van der Waals surface area contributed by atoms with Crippen molar-refractivity contribution < 1.29 is 4.79 Å². The van der Waals surface area contributed by atoms with E-state index in [1.807, 2.05) is 24.3 Å². The Kier molecular flexibility index (Phi) is 3.50. The molecule has 2 heteroatoms. The summed E-state index contributed by atoms with van der Waals surface area (Å²) in [5, 5.41) is 2.28. The van der Waals surface area contributed by atoms with Crippen molar-refractivity contribution in [3.63, 3.8) is 0 Å². The lowest BCUT2D eigenvalue weighted by Crippen LogP contribution is -2.51. The number of Topliss-reactive ketones (excluding diaryl/α,β-unsaturated/α-hetero) is 1. The van der Waals surface area contributed by atoms with Gasteiger partial charge in [0.25, 0.3) is 0 Å². The van der Waals surface area contributed by atoms with Gasteiger partial charge in [0.1, 0.15) is 0 Å². The molecule has 2 aromatic carbocycles. The summed E-state index contributed by atoms with van der Waals surface area (Å²) < 4.78 is 0. The van der Waals surface area contributed by atoms with Gasteiger partial charge in [0, 0.05) is 23.6 Å². The number of carbonyl (C=O) groups excluding carboxylic acids is 1. The van der Waals surface area contributed by atoms with Gasteiger partial charge in [-0.3, -0.25) is 4.79 Å². The molecule has 0 aliphatic carbocycles. The highest BCUT2D eigenvalue weighted by Crippen LogP contribution is 2.37. The van der Waals surface area contributed by atoms with Crippen molar-refractivity contribution in [1.29, 1.82) is 0 Å². The standard InChI is InChI=1S/C20H23NO/c1-21-16-8-5-9-17(21)13-15(12-16)20(22)19-11-4-7-14-6-2-3-10-18(14)19/h2-4,6-7,10-11,15-17H,5,8-9,12-13H2,1H3. The van der Waals surface area contributed by atoms with Crippen LogP contribution in [-0.2, 0) is 0 Å². The molecule has 0 aromatic heterocycles. The Labute approximate surface area is 132 Å². The molecule has 2 bridgehead atoms. The lowest BCUT2D eigenvalue weighted by Gasteiger charge is -2.46. The minimum atomic E-state index is 0.206. The number of fused-ring (bicyclic) bond motifs is 3. The third kappa shape index (κ3) is 2.26. The average molecular weight is 293 g/mol. The minimum Gasteiger partial charge on any atom is -0.300 e. The summed E-state index contributed by atoms with van der Waals surface area (Å²) in [6.07, 6.45) is 5.91. The average Bonchev–Trinajstić information content (AvgIpc) is 2.53. The third-order valence-corrected chi connectivity index (χ3v) is 5.77. The van der Waals surface area contributed by atoms with Gasteiger partial charge in [-0.2, -0.15) is 0 Å². The number of nitrogens with zero attached hydrogens (tertiary/aromatic N) is 1. The fourth-order valence-electron chi connectivity index (χ4n) is 4.49. The number of ketones is 1. The maximum absolute atomic E-state index is 13.1. The van der Waals surface area contributed by atoms with E-state index in [-0.39, 0.29) is 5.92 Å². The molecule has 2 heterocycles. The zero-order chi connectivity index (χ0) is 15.1. The van der Waals surface area contributed by atoms with Crippen LogP contribution in [0.5, 0.6) is 0 Å². The molecule has 4 rings (SSSR count). The smallest absolute Gasteiger partial charge is 0.166 e. The fourth-order valence-corrected chi connectivity index (χ4v) is 4.49. The summed E-state index contributed by atoms with van der Waals surface area (Å²) in [5.74, 6) is 0.569. The van der Waals surface area contributed by atoms with Crippen molar-refractivity contribution in [3.8, 4) is 0 Å². The summed E-state index contributed by atoms with van der Waals surface area (Å²) in [7, 11) is 2.24. The maximum Gasteiger partial charge on any atom is 0.166 e. The predicted molar refractivity (Wildman–Crippen MR) is 90.2 cm³/mol. The second-order valence-electron chi connectivity index (χ2n) is 6.96. The highest BCUT2D eigenvalue weighted by Gasteiger charge is 2.38. The Morgan fingerprint density at radius 1 is 1.00 bits per heavy atom. The Morgan fingerprint density at radius 3 is 2.45 bits per heavy atom. The summed E-state index contributed by atoms with van der Waals surface area (Å²) in [6, 6.07) is 15.6. The van der Waals surface area contributed by atoms with Crippen molar-refractivity contribution in [2.75, 3.05) is 7.05 Å². The first-order chi connectivity index (χ1) is 10.7. The van der Waals surface area contributed by atoms with E-state index >= 15 is 0 Å². The van der Waals surface area contributed by atoms with E-state index in [1.165, 1.54) is 24.6 Å². The minimum absolute atomic E-state index is 0.206. The molecule has 2 atom stereocenters. The van der Waals surface area contributed by atoms with Gasteiger partial charge in [0.05, 0.1) is 0 Å². The molecule has 2 nitrogen and oxygen atoms in total. The monoisotopic (exact) mass is 293 g/mol. The van der Waals surface area contributed by atoms with Crippen LogP contribution in [0.4, 0.5) is 0 Å². The van der Waals surface area contributed by atoms with Crippen molar-refractivity contribution in [2.24, 2.45) is 5.92 Å². The zero-order valence-corrected chi connectivity index (χ0v) is 13.2. The third-order valence-electron chi connectivity index (χ3n) is 5.77. The maximum atomic E-state index is 13.1. The van der Waals surface area contributed by atoms with E-state index in [0.29, 0.717) is 17.9 Å². The predicted octanol–water partition coefficient (Wildman–Crippen LogP) is 4.29. The zero-order valence-electron chi connectivity index (χ0n) is 13.2. The Bertz CT molecular complexity index is 688. The van der Waals surface area contributed by atoms with E-state index in [1.54, 1.807) is 0 Å². The number of rotatable bonds is 2. The van der Waals surface area contributed by atoms with Gasteiger partial charge < -0.3 is 4.90 Å². The fraction of sp³-hybridized carbons (Fsp3) is 0.450. The van der Waals surface area contributed by atoms with Crippen LogP contribution in [0.2, 0.25) is 0 Å². The summed E-state index contributed by atoms with van der Waals surface area (Å²) >= 11 is 0. The number of hydrogen-bond acceptors (Lipinski definition) is 2. The van der Waals surface area contributed by atoms with Gasteiger partial charge in [-0.1, -0.05) is 48.9 Å². The van der Waals surface area contributed by atoms with E-state index in [2.05, 4.69) is 30.1 Å². The molecule has 0 N–H and O–H groups in total. The largest absolute Gasteiger partial charge is 0.300 e. The quantitative estimate of drug-likeness (QED) is 0.770. The van der Waals surface area contributed by atoms with Gasteiger partial charge in [0.2, 0.25) is 0 Å². The first kappa shape index (κ1) is 14.0. The van der Waals surface area contributed by atoms with Gasteiger partial charge in [-0.25, -0.2) is 0 Å². The van der Waals surface area contributed by atoms with Crippen LogP contribution in [0.25, 0.3) is 10.8 Å². The van der Waals surface area contributed by atoms with Crippen LogP contribution in [0, 0.1) is 5.92 Å². The van der Waals surface area contributed by atoms with Crippen LogP contribution in [0.1, 0.15) is 42.5 Å². The van der Waals surface area contributed by atoms with Crippen molar-refractivity contribution in [1.82, 2.24) is 4.90 Å². The molecule has 2 fully saturated rings. The second kappa shape index (κ2) is 5.51. The number of carbonyl (C=O) groups is 1. The molecule has 2 unspecified atom stereocenters. The van der Waals surface area contributed by atoms with Gasteiger partial charge >= 0.3 is 0 Å². The lowest BCUT2D eigenvalue weighted by molar-refractivity contribution is 0.0339. The first-order valence-corrected chi connectivity index (χ1v) is 8.48. The molecule has 0 amide bonds. The molecule has 0 radical (unpaired) electrons. The molecular weight excluding hydrogens is 270 g/mol. The topological polar surface area (TPSA) is 20.3 Å². The van der Waals surface area contributed by atoms with Crippen LogP contribution < -0.4 is 0 Å². The van der Waals surface area contributed by atoms with Crippen LogP contribution in [0.3, 0.4) is 0 Å². The van der Waals surface area contributed by atoms with Crippen molar-refractivity contribution in [3.05, 3.63) is 48.0 Å². The molecular formula is C20H23NO. The number of benzene rings is 2. The summed E-state index contributed by atoms with van der Waals surface area (Å²) in [6.45, 7) is 0. The number of piperidine rings is 2. The summed E-state index contributed by atoms with van der Waals surface area (Å²) in [4.78, 5) is 15.7. The molecule has 2 saturated heterocycles. The molecule has 0 saturated carbocycles. The Balaban J connectivity index is 1.66. The SMILES string of the molecule is CN1C2CCCC1CC(C(=O)c1cccc3ccccc13)C2. The van der Waals surface area contributed by atoms with Crippen LogP contribution in [0.15, 0.2) is 42.5 Å². The molecule has 2 aliphatic heterocycles. The Hall–Kier alpha value is -1.67. The molecule has 114 valence electrons. The highest BCUT2D eigenvalue weighted by atomic mass is 16.1. The van der Waals surface area contributed by atoms with E-state index < -0.39 is 0 Å². The second-order valence-corrected chi connectivity index (χ2v) is 6.96. The van der Waals surface area contributed by atoms with Crippen LogP contribution in [-0.4, -0.2) is 29.8 Å². The normalized spacial score (nSPS) is 28.7. The molecule has 2 aromatic rings. The van der Waals surface area contributed by atoms with E-state index in [4.69, 9.17) is 0 Å². The van der Waals surface area contributed by atoms with Crippen molar-refractivity contribution >= 4 is 16.6 Å². The van der Waals surface area contributed by atoms with E-state index in [9.17, 15) is 4.79 Å². The first-order valence-electron chi connectivity index (χ1n) is 8.48. The van der Waals surface area contributed by atoms with Gasteiger partial charge in [-0.15, -0.1) is 0 Å². The molecule has 0 spiro atoms. The van der Waals surface area contributed by atoms with E-state index in [0.717, 1.165) is 23.8 Å². The number of hydrogen-bond donors (Lipinski definition) is 0. The molecule has 2 aliphatic rings. The highest BCUT2D eigenvalue weighted by molar-refractivity contribution is 6.09. The Morgan fingerprint density at radius 2 is 1.68 bits per heavy atom. The van der Waals surface area contributed by atoms with Gasteiger partial charge in [0.15, 0.2) is 5.78 Å². The lowest BCUT2D eigenvalue weighted by atomic mass is 9.75. The summed E-state index contributed by atoms with van der Waals surface area (Å²) in [5.41, 5.74) is 0.922. The molecule has 22 heavy (non-hydrogen) atoms.